The molecule has 1 fully saturated rings. The second-order valence-electron chi connectivity index (χ2n) is 5.35. The van der Waals surface area contributed by atoms with Crippen LogP contribution >= 0.6 is 0 Å². The predicted molar refractivity (Wildman–Crippen MR) is 74.2 cm³/mol. The Balaban J connectivity index is 2.05. The number of benzene rings is 1. The van der Waals surface area contributed by atoms with Gasteiger partial charge in [0.15, 0.2) is 0 Å². The Morgan fingerprint density at radius 1 is 1.40 bits per heavy atom. The van der Waals surface area contributed by atoms with Crippen molar-refractivity contribution >= 4 is 10.0 Å². The first-order chi connectivity index (χ1) is 9.44. The maximum absolute atomic E-state index is 13.6. The summed E-state index contributed by atoms with van der Waals surface area (Å²) in [6.45, 7) is 1.36. The lowest BCUT2D eigenvalue weighted by Crippen LogP contribution is -2.25. The number of halogens is 1. The lowest BCUT2D eigenvalue weighted by Gasteiger charge is -2.10. The van der Waals surface area contributed by atoms with Crippen LogP contribution < -0.4 is 4.72 Å². The zero-order valence-electron chi connectivity index (χ0n) is 11.5. The Labute approximate surface area is 119 Å². The van der Waals surface area contributed by atoms with Crippen LogP contribution in [0.1, 0.15) is 36.8 Å². The molecule has 0 unspecified atom stereocenters. The van der Waals surface area contributed by atoms with Crippen LogP contribution in [0.5, 0.6) is 0 Å². The topological polar surface area (TPSA) is 66.4 Å². The van der Waals surface area contributed by atoms with E-state index in [-0.39, 0.29) is 16.0 Å². The predicted octanol–water partition coefficient (Wildman–Crippen LogP) is 2.09. The number of rotatable bonds is 7. The number of aliphatic hydroxyl groups excluding tert-OH is 1. The molecule has 1 saturated carbocycles. The maximum Gasteiger partial charge on any atom is 0.240 e. The Hall–Kier alpha value is -0.980. The molecule has 4 nitrogen and oxygen atoms in total. The molecule has 0 amide bonds. The minimum atomic E-state index is -3.64. The minimum Gasteiger partial charge on any atom is -0.392 e. The summed E-state index contributed by atoms with van der Waals surface area (Å²) in [7, 11) is -3.64. The van der Waals surface area contributed by atoms with E-state index in [9.17, 15) is 12.8 Å². The summed E-state index contributed by atoms with van der Waals surface area (Å²) in [6, 6.07) is 2.48. The third-order valence-electron chi connectivity index (χ3n) is 3.56. The van der Waals surface area contributed by atoms with Crippen LogP contribution in [0.4, 0.5) is 4.39 Å². The standard InChI is InChI=1S/C14H20FNO3S/c1-10-7-13(8-12(9-17)14(10)15)20(18,19)16-6-2-3-11-4-5-11/h7-8,11,16-17H,2-6,9H2,1H3. The number of sulfonamides is 1. The van der Waals surface area contributed by atoms with Crippen molar-refractivity contribution in [2.24, 2.45) is 5.92 Å². The molecule has 0 radical (unpaired) electrons. The van der Waals surface area contributed by atoms with Gasteiger partial charge in [-0.1, -0.05) is 12.8 Å². The lowest BCUT2D eigenvalue weighted by molar-refractivity contribution is 0.275. The molecule has 0 saturated heterocycles. The third-order valence-corrected chi connectivity index (χ3v) is 5.00. The Kier molecular flexibility index (Phi) is 4.78. The van der Waals surface area contributed by atoms with Crippen LogP contribution in [0.25, 0.3) is 0 Å². The van der Waals surface area contributed by atoms with E-state index in [1.54, 1.807) is 0 Å². The second kappa shape index (κ2) is 6.20. The Bertz CT molecular complexity index is 582. The summed E-state index contributed by atoms with van der Waals surface area (Å²) in [5.41, 5.74) is 0.221. The van der Waals surface area contributed by atoms with Crippen molar-refractivity contribution < 1.29 is 17.9 Å². The molecule has 112 valence electrons. The van der Waals surface area contributed by atoms with Crippen molar-refractivity contribution in [1.29, 1.82) is 0 Å². The van der Waals surface area contributed by atoms with Crippen molar-refractivity contribution in [2.75, 3.05) is 6.54 Å². The van der Waals surface area contributed by atoms with Gasteiger partial charge in [0.25, 0.3) is 0 Å². The van der Waals surface area contributed by atoms with Gasteiger partial charge in [-0.2, -0.15) is 0 Å². The van der Waals surface area contributed by atoms with E-state index in [4.69, 9.17) is 5.11 Å². The van der Waals surface area contributed by atoms with Gasteiger partial charge in [0.2, 0.25) is 10.0 Å². The molecule has 1 aliphatic rings. The number of hydrogen-bond acceptors (Lipinski definition) is 3. The van der Waals surface area contributed by atoms with Crippen molar-refractivity contribution in [1.82, 2.24) is 4.72 Å². The SMILES string of the molecule is Cc1cc(S(=O)(=O)NCCCC2CC2)cc(CO)c1F. The highest BCUT2D eigenvalue weighted by Crippen LogP contribution is 2.33. The zero-order chi connectivity index (χ0) is 14.8. The molecule has 0 spiro atoms. The molecule has 1 aromatic rings. The van der Waals surface area contributed by atoms with E-state index in [1.165, 1.54) is 31.9 Å². The third kappa shape index (κ3) is 3.77. The van der Waals surface area contributed by atoms with Gasteiger partial charge in [-0.05, 0) is 43.4 Å². The van der Waals surface area contributed by atoms with Gasteiger partial charge in [0, 0.05) is 12.1 Å². The van der Waals surface area contributed by atoms with Crippen LogP contribution in [0.15, 0.2) is 17.0 Å². The highest BCUT2D eigenvalue weighted by Gasteiger charge is 2.21. The van der Waals surface area contributed by atoms with Gasteiger partial charge >= 0.3 is 0 Å². The van der Waals surface area contributed by atoms with Gasteiger partial charge in [0.05, 0.1) is 11.5 Å². The molecule has 20 heavy (non-hydrogen) atoms. The largest absolute Gasteiger partial charge is 0.392 e. The molecule has 2 rings (SSSR count). The average Bonchev–Trinajstić information content (AvgIpc) is 3.21. The Morgan fingerprint density at radius 3 is 2.70 bits per heavy atom. The maximum atomic E-state index is 13.6. The monoisotopic (exact) mass is 301 g/mol. The summed E-state index contributed by atoms with van der Waals surface area (Å²) < 4.78 is 40.3. The van der Waals surface area contributed by atoms with Gasteiger partial charge in [0.1, 0.15) is 5.82 Å². The van der Waals surface area contributed by atoms with Crippen molar-refractivity contribution in [3.05, 3.63) is 29.1 Å². The fraction of sp³-hybridized carbons (Fsp3) is 0.571. The van der Waals surface area contributed by atoms with E-state index < -0.39 is 22.4 Å². The van der Waals surface area contributed by atoms with Crippen molar-refractivity contribution in [3.63, 3.8) is 0 Å². The van der Waals surface area contributed by atoms with E-state index in [0.29, 0.717) is 6.54 Å². The molecular weight excluding hydrogens is 281 g/mol. The molecule has 2 N–H and O–H groups in total. The van der Waals surface area contributed by atoms with Crippen molar-refractivity contribution in [3.8, 4) is 0 Å². The molecular formula is C14H20FNO3S. The molecule has 1 aliphatic carbocycles. The number of aryl methyl sites for hydroxylation is 1. The van der Waals surface area contributed by atoms with Gasteiger partial charge < -0.3 is 5.11 Å². The van der Waals surface area contributed by atoms with E-state index >= 15 is 0 Å². The van der Waals surface area contributed by atoms with Crippen LogP contribution in [-0.4, -0.2) is 20.1 Å². The highest BCUT2D eigenvalue weighted by atomic mass is 32.2. The number of nitrogens with one attached hydrogen (secondary N) is 1. The van der Waals surface area contributed by atoms with Crippen LogP contribution in [-0.2, 0) is 16.6 Å². The first-order valence-corrected chi connectivity index (χ1v) is 8.32. The molecule has 0 aromatic heterocycles. The number of aliphatic hydroxyl groups is 1. The second-order valence-corrected chi connectivity index (χ2v) is 7.12. The molecule has 1 aromatic carbocycles. The summed E-state index contributed by atoms with van der Waals surface area (Å²) in [4.78, 5) is 0.00636. The first-order valence-electron chi connectivity index (χ1n) is 6.83. The zero-order valence-corrected chi connectivity index (χ0v) is 12.3. The van der Waals surface area contributed by atoms with E-state index in [1.807, 2.05) is 0 Å². The van der Waals surface area contributed by atoms with Crippen LogP contribution in [0, 0.1) is 18.7 Å². The van der Waals surface area contributed by atoms with Crippen LogP contribution in [0.3, 0.4) is 0 Å². The summed E-state index contributed by atoms with van der Waals surface area (Å²) >= 11 is 0. The molecule has 0 aliphatic heterocycles. The average molecular weight is 301 g/mol. The van der Waals surface area contributed by atoms with E-state index in [2.05, 4.69) is 4.72 Å². The fourth-order valence-electron chi connectivity index (χ4n) is 2.16. The molecule has 0 atom stereocenters. The Morgan fingerprint density at radius 2 is 2.10 bits per heavy atom. The minimum absolute atomic E-state index is 0.00311. The first kappa shape index (κ1) is 15.4. The van der Waals surface area contributed by atoms with Gasteiger partial charge in [-0.3, -0.25) is 0 Å². The van der Waals surface area contributed by atoms with Gasteiger partial charge in [-0.15, -0.1) is 0 Å². The highest BCUT2D eigenvalue weighted by molar-refractivity contribution is 7.89. The quantitative estimate of drug-likeness (QED) is 0.758. The van der Waals surface area contributed by atoms with Crippen LogP contribution in [0.2, 0.25) is 0 Å². The molecule has 6 heteroatoms. The lowest BCUT2D eigenvalue weighted by atomic mass is 10.1. The van der Waals surface area contributed by atoms with Gasteiger partial charge in [-0.25, -0.2) is 17.5 Å². The van der Waals surface area contributed by atoms with Crippen molar-refractivity contribution in [2.45, 2.75) is 44.1 Å². The summed E-state index contributed by atoms with van der Waals surface area (Å²) in [5, 5.41) is 9.06. The van der Waals surface area contributed by atoms with E-state index in [0.717, 1.165) is 18.8 Å². The molecule has 0 bridgehead atoms. The summed E-state index contributed by atoms with van der Waals surface area (Å²) in [5.74, 6) is 0.216. The molecule has 0 heterocycles. The smallest absolute Gasteiger partial charge is 0.240 e. The number of hydrogen-bond donors (Lipinski definition) is 2. The normalized spacial score (nSPS) is 15.6. The fourth-order valence-corrected chi connectivity index (χ4v) is 3.37. The summed E-state index contributed by atoms with van der Waals surface area (Å²) in [6.07, 6.45) is 4.37.